The molecule has 1 amide bonds. The van der Waals surface area contributed by atoms with E-state index in [9.17, 15) is 14.7 Å². The van der Waals surface area contributed by atoms with Gasteiger partial charge in [-0.1, -0.05) is 12.1 Å². The lowest BCUT2D eigenvalue weighted by molar-refractivity contribution is -0.904. The molecule has 0 bridgehead atoms. The average Bonchev–Trinajstić information content (AvgIpc) is 2.60. The van der Waals surface area contributed by atoms with E-state index in [1.807, 2.05) is 0 Å². The number of H-pyrrole nitrogens is 1. The summed E-state index contributed by atoms with van der Waals surface area (Å²) in [5, 5.41) is 13.5. The minimum atomic E-state index is -0.564. The summed E-state index contributed by atoms with van der Waals surface area (Å²) in [6.45, 7) is 3.95. The number of carbonyl (C=O) groups excluding carboxylic acids is 1. The minimum absolute atomic E-state index is 0.209. The van der Waals surface area contributed by atoms with E-state index in [0.717, 1.165) is 13.0 Å². The summed E-state index contributed by atoms with van der Waals surface area (Å²) in [6, 6.07) is 6.89. The second kappa shape index (κ2) is 7.49. The van der Waals surface area contributed by atoms with E-state index in [4.69, 9.17) is 0 Å². The maximum absolute atomic E-state index is 12.3. The van der Waals surface area contributed by atoms with Gasteiger partial charge in [-0.2, -0.15) is 0 Å². The monoisotopic (exact) mass is 330 g/mol. The number of pyridine rings is 1. The predicted molar refractivity (Wildman–Crippen MR) is 92.6 cm³/mol. The van der Waals surface area contributed by atoms with Crippen molar-refractivity contribution in [3.63, 3.8) is 0 Å². The van der Waals surface area contributed by atoms with E-state index in [1.165, 1.54) is 32.4 Å². The van der Waals surface area contributed by atoms with Crippen molar-refractivity contribution < 1.29 is 14.8 Å². The number of quaternary nitrogens is 1. The first-order valence-corrected chi connectivity index (χ1v) is 8.62. The lowest BCUT2D eigenvalue weighted by atomic mass is 10.1. The van der Waals surface area contributed by atoms with Crippen molar-refractivity contribution in [2.45, 2.75) is 25.7 Å². The third kappa shape index (κ3) is 3.59. The highest BCUT2D eigenvalue weighted by molar-refractivity contribution is 6.01. The lowest BCUT2D eigenvalue weighted by Crippen LogP contribution is -3.12. The second-order valence-electron chi connectivity index (χ2n) is 6.39. The Morgan fingerprint density at radius 3 is 2.75 bits per heavy atom. The summed E-state index contributed by atoms with van der Waals surface area (Å²) in [5.41, 5.74) is -0.255. The largest absolute Gasteiger partial charge is 0.506 e. The number of likely N-dealkylation sites (tertiary alicyclic amines) is 1. The topological polar surface area (TPSA) is 86.6 Å². The van der Waals surface area contributed by atoms with E-state index in [-0.39, 0.29) is 11.3 Å². The number of carbonyl (C=O) groups is 1. The zero-order valence-electron chi connectivity index (χ0n) is 13.7. The zero-order chi connectivity index (χ0) is 16.9. The maximum atomic E-state index is 12.3. The standard InChI is InChI=1S/C18H23N3O3/c22-16-13-7-2-3-8-14(13)20-18(24)15(16)17(23)19-9-6-12-21-10-4-1-5-11-21/h2-3,7-8H,1,4-6,9-12H2,(H,19,23)(H2,20,22,24)/p+1. The summed E-state index contributed by atoms with van der Waals surface area (Å²) in [6.07, 6.45) is 4.75. The van der Waals surface area contributed by atoms with E-state index in [2.05, 4.69) is 10.3 Å². The molecule has 1 saturated heterocycles. The SMILES string of the molecule is O=C(NCCC[NH+]1CCCCC1)c1c(O)c2ccccc2[nH]c1=O. The van der Waals surface area contributed by atoms with Gasteiger partial charge in [-0.25, -0.2) is 0 Å². The number of piperidine rings is 1. The number of amides is 1. The van der Waals surface area contributed by atoms with Crippen LogP contribution in [0.3, 0.4) is 0 Å². The minimum Gasteiger partial charge on any atom is -0.506 e. The van der Waals surface area contributed by atoms with Gasteiger partial charge in [0.15, 0.2) is 0 Å². The third-order valence-electron chi connectivity index (χ3n) is 4.67. The van der Waals surface area contributed by atoms with Gasteiger partial charge in [-0.3, -0.25) is 9.59 Å². The quantitative estimate of drug-likeness (QED) is 0.600. The number of hydrogen-bond acceptors (Lipinski definition) is 3. The molecule has 1 fully saturated rings. The predicted octanol–water partition coefficient (Wildman–Crippen LogP) is 0.422. The molecule has 6 heteroatoms. The molecule has 0 spiro atoms. The van der Waals surface area contributed by atoms with Crippen molar-refractivity contribution in [2.75, 3.05) is 26.2 Å². The molecule has 2 heterocycles. The molecule has 1 aliphatic rings. The Morgan fingerprint density at radius 2 is 1.96 bits per heavy atom. The van der Waals surface area contributed by atoms with E-state index >= 15 is 0 Å². The van der Waals surface area contributed by atoms with Crippen LogP contribution in [0.4, 0.5) is 0 Å². The molecule has 0 atom stereocenters. The first kappa shape index (κ1) is 16.5. The summed E-state index contributed by atoms with van der Waals surface area (Å²) in [5.74, 6) is -0.776. The Labute approximate surface area is 140 Å². The number of fused-ring (bicyclic) bond motifs is 1. The Bertz CT molecular complexity index is 779. The summed E-state index contributed by atoms with van der Waals surface area (Å²) in [4.78, 5) is 28.6. The van der Waals surface area contributed by atoms with E-state index < -0.39 is 11.5 Å². The number of hydrogen-bond donors (Lipinski definition) is 4. The van der Waals surface area contributed by atoms with Crippen LogP contribution in [0, 0.1) is 0 Å². The molecule has 3 rings (SSSR count). The van der Waals surface area contributed by atoms with Crippen LogP contribution in [0.5, 0.6) is 5.75 Å². The maximum Gasteiger partial charge on any atom is 0.265 e. The van der Waals surface area contributed by atoms with Crippen LogP contribution in [0.2, 0.25) is 0 Å². The van der Waals surface area contributed by atoms with Crippen LogP contribution >= 0.6 is 0 Å². The first-order valence-electron chi connectivity index (χ1n) is 8.62. The number of para-hydroxylation sites is 1. The van der Waals surface area contributed by atoms with Crippen molar-refractivity contribution in [1.82, 2.24) is 10.3 Å². The van der Waals surface area contributed by atoms with Gasteiger partial charge >= 0.3 is 0 Å². The highest BCUT2D eigenvalue weighted by Crippen LogP contribution is 2.24. The summed E-state index contributed by atoms with van der Waals surface area (Å²) in [7, 11) is 0. The molecule has 0 aliphatic carbocycles. The van der Waals surface area contributed by atoms with Crippen molar-refractivity contribution in [1.29, 1.82) is 0 Å². The van der Waals surface area contributed by atoms with Crippen LogP contribution in [-0.4, -0.2) is 42.2 Å². The van der Waals surface area contributed by atoms with E-state index in [0.29, 0.717) is 17.4 Å². The molecule has 0 radical (unpaired) electrons. The normalized spacial score (nSPS) is 15.5. The van der Waals surface area contributed by atoms with Crippen LogP contribution in [0.15, 0.2) is 29.1 Å². The van der Waals surface area contributed by atoms with Gasteiger partial charge in [0.05, 0.1) is 25.2 Å². The number of aromatic amines is 1. The first-order chi connectivity index (χ1) is 11.7. The Balaban J connectivity index is 1.62. The molecule has 2 aromatic rings. The molecule has 1 aromatic heterocycles. The van der Waals surface area contributed by atoms with Crippen molar-refractivity contribution in [2.24, 2.45) is 0 Å². The van der Waals surface area contributed by atoms with Gasteiger partial charge in [0, 0.05) is 18.4 Å². The van der Waals surface area contributed by atoms with E-state index in [1.54, 1.807) is 29.2 Å². The fourth-order valence-electron chi connectivity index (χ4n) is 3.37. The average molecular weight is 330 g/mol. The van der Waals surface area contributed by atoms with Crippen molar-refractivity contribution >= 4 is 16.8 Å². The van der Waals surface area contributed by atoms with Crippen LogP contribution in [0.25, 0.3) is 10.9 Å². The van der Waals surface area contributed by atoms with Crippen LogP contribution in [0.1, 0.15) is 36.0 Å². The molecule has 1 aromatic carbocycles. The van der Waals surface area contributed by atoms with Crippen LogP contribution in [-0.2, 0) is 0 Å². The van der Waals surface area contributed by atoms with Crippen molar-refractivity contribution in [3.05, 3.63) is 40.2 Å². The fourth-order valence-corrected chi connectivity index (χ4v) is 3.37. The molecule has 0 unspecified atom stereocenters. The second-order valence-corrected chi connectivity index (χ2v) is 6.39. The number of aromatic nitrogens is 1. The van der Waals surface area contributed by atoms with Crippen LogP contribution < -0.4 is 15.8 Å². The Hall–Kier alpha value is -2.34. The van der Waals surface area contributed by atoms with Gasteiger partial charge in [0.1, 0.15) is 11.3 Å². The summed E-state index contributed by atoms with van der Waals surface area (Å²) >= 11 is 0. The van der Waals surface area contributed by atoms with Gasteiger partial charge in [-0.15, -0.1) is 0 Å². The molecule has 24 heavy (non-hydrogen) atoms. The van der Waals surface area contributed by atoms with Gasteiger partial charge in [-0.05, 0) is 31.4 Å². The molecule has 128 valence electrons. The number of nitrogens with one attached hydrogen (secondary N) is 3. The number of aromatic hydroxyl groups is 1. The highest BCUT2D eigenvalue weighted by Gasteiger charge is 2.19. The summed E-state index contributed by atoms with van der Waals surface area (Å²) < 4.78 is 0. The molecule has 6 nitrogen and oxygen atoms in total. The van der Waals surface area contributed by atoms with Crippen molar-refractivity contribution in [3.8, 4) is 5.75 Å². The number of rotatable bonds is 5. The zero-order valence-corrected chi connectivity index (χ0v) is 13.7. The van der Waals surface area contributed by atoms with Gasteiger partial charge in [0.25, 0.3) is 11.5 Å². The smallest absolute Gasteiger partial charge is 0.265 e. The Kier molecular flexibility index (Phi) is 5.15. The Morgan fingerprint density at radius 1 is 1.21 bits per heavy atom. The molecule has 1 aliphatic heterocycles. The molecular weight excluding hydrogens is 306 g/mol. The molecular formula is C18H24N3O3+. The third-order valence-corrected chi connectivity index (χ3v) is 4.67. The lowest BCUT2D eigenvalue weighted by Gasteiger charge is -2.23. The molecule has 4 N–H and O–H groups in total. The van der Waals surface area contributed by atoms with Gasteiger partial charge < -0.3 is 20.3 Å². The highest BCUT2D eigenvalue weighted by atomic mass is 16.3. The fraction of sp³-hybridized carbons (Fsp3) is 0.444. The number of benzene rings is 1. The molecule has 0 saturated carbocycles. The van der Waals surface area contributed by atoms with Gasteiger partial charge in [0.2, 0.25) is 0 Å².